The van der Waals surface area contributed by atoms with Crippen LogP contribution in [0.15, 0.2) is 0 Å². The van der Waals surface area contributed by atoms with Crippen molar-refractivity contribution >= 4 is 0 Å². The Morgan fingerprint density at radius 1 is 1.41 bits per heavy atom. The molecule has 1 fully saturated rings. The minimum absolute atomic E-state index is 0.0994. The van der Waals surface area contributed by atoms with E-state index in [9.17, 15) is 13.2 Å². The van der Waals surface area contributed by atoms with Gasteiger partial charge in [0.05, 0.1) is 5.60 Å². The molecule has 1 atom stereocenters. The Kier molecular flexibility index (Phi) is 5.22. The van der Waals surface area contributed by atoms with E-state index in [0.717, 1.165) is 19.3 Å². The van der Waals surface area contributed by atoms with Gasteiger partial charge in [0.25, 0.3) is 0 Å². The lowest BCUT2D eigenvalue weighted by atomic mass is 9.75. The van der Waals surface area contributed by atoms with Gasteiger partial charge in [-0.3, -0.25) is 11.3 Å². The molecule has 1 aliphatic rings. The summed E-state index contributed by atoms with van der Waals surface area (Å²) < 4.78 is 41.5. The summed E-state index contributed by atoms with van der Waals surface area (Å²) in [6, 6.07) is -0.0994. The monoisotopic (exact) mass is 254 g/mol. The van der Waals surface area contributed by atoms with Gasteiger partial charge < -0.3 is 4.74 Å². The molecule has 0 aromatic rings. The van der Waals surface area contributed by atoms with Crippen molar-refractivity contribution in [3.63, 3.8) is 0 Å². The fourth-order valence-electron chi connectivity index (χ4n) is 2.30. The number of nitrogens with one attached hydrogen (secondary N) is 1. The summed E-state index contributed by atoms with van der Waals surface area (Å²) in [6.45, 7) is 0. The number of alkyl halides is 3. The Hall–Kier alpha value is -0.330. The van der Waals surface area contributed by atoms with Gasteiger partial charge in [0, 0.05) is 19.6 Å². The fraction of sp³-hybridized carbons (Fsp3) is 1.00. The maximum atomic E-state index is 12.0. The molecule has 1 aliphatic carbocycles. The third-order valence-electron chi connectivity index (χ3n) is 3.56. The maximum absolute atomic E-state index is 12.0. The second kappa shape index (κ2) is 6.02. The number of hydrogen-bond acceptors (Lipinski definition) is 3. The number of rotatable bonds is 7. The van der Waals surface area contributed by atoms with Gasteiger partial charge in [-0.25, -0.2) is 0 Å². The lowest BCUT2D eigenvalue weighted by Gasteiger charge is -2.42. The molecule has 1 saturated carbocycles. The topological polar surface area (TPSA) is 47.3 Å². The standard InChI is InChI=1S/C11H21F3N2O/c1-17-10(5-3-6-10)8-9(16-15)4-2-7-11(12,13)14/h9,16H,2-8,15H2,1H3. The summed E-state index contributed by atoms with van der Waals surface area (Å²) in [5.41, 5.74) is 2.44. The van der Waals surface area contributed by atoms with Crippen LogP contribution in [0.3, 0.4) is 0 Å². The average molecular weight is 254 g/mol. The Bertz CT molecular complexity index is 224. The molecule has 0 heterocycles. The quantitative estimate of drug-likeness (QED) is 0.542. The molecular formula is C11H21F3N2O. The summed E-state index contributed by atoms with van der Waals surface area (Å²) in [6.07, 6.45) is -0.521. The second-order valence-corrected chi connectivity index (χ2v) is 4.82. The molecule has 0 aromatic heterocycles. The highest BCUT2D eigenvalue weighted by Crippen LogP contribution is 2.39. The molecule has 17 heavy (non-hydrogen) atoms. The molecule has 6 heteroatoms. The Labute approximate surface area is 99.9 Å². The molecule has 0 saturated heterocycles. The normalized spacial score (nSPS) is 21.0. The van der Waals surface area contributed by atoms with Crippen LogP contribution in [0.25, 0.3) is 0 Å². The van der Waals surface area contributed by atoms with Crippen molar-refractivity contribution in [1.82, 2.24) is 5.43 Å². The summed E-state index contributed by atoms with van der Waals surface area (Å²) in [4.78, 5) is 0. The van der Waals surface area contributed by atoms with Crippen LogP contribution in [0.2, 0.25) is 0 Å². The van der Waals surface area contributed by atoms with Crippen LogP contribution in [0.4, 0.5) is 13.2 Å². The van der Waals surface area contributed by atoms with Gasteiger partial charge >= 0.3 is 6.18 Å². The number of hydrazine groups is 1. The highest BCUT2D eigenvalue weighted by Gasteiger charge is 2.39. The molecule has 102 valence electrons. The van der Waals surface area contributed by atoms with Crippen molar-refractivity contribution in [3.8, 4) is 0 Å². The van der Waals surface area contributed by atoms with Crippen molar-refractivity contribution in [1.29, 1.82) is 0 Å². The average Bonchev–Trinajstić information content (AvgIpc) is 2.19. The smallest absolute Gasteiger partial charge is 0.378 e. The van der Waals surface area contributed by atoms with E-state index in [-0.39, 0.29) is 18.1 Å². The third-order valence-corrected chi connectivity index (χ3v) is 3.56. The second-order valence-electron chi connectivity index (χ2n) is 4.82. The van der Waals surface area contributed by atoms with E-state index < -0.39 is 12.6 Å². The molecule has 0 radical (unpaired) electrons. The van der Waals surface area contributed by atoms with Crippen molar-refractivity contribution in [2.24, 2.45) is 5.84 Å². The van der Waals surface area contributed by atoms with E-state index in [4.69, 9.17) is 10.6 Å². The Morgan fingerprint density at radius 2 is 2.06 bits per heavy atom. The van der Waals surface area contributed by atoms with E-state index in [1.165, 1.54) is 0 Å². The zero-order valence-corrected chi connectivity index (χ0v) is 10.1. The Morgan fingerprint density at radius 3 is 2.41 bits per heavy atom. The van der Waals surface area contributed by atoms with Crippen LogP contribution >= 0.6 is 0 Å². The SMILES string of the molecule is COC1(CC(CCCC(F)(F)F)NN)CCC1. The molecule has 0 aliphatic heterocycles. The first-order valence-corrected chi connectivity index (χ1v) is 5.99. The zero-order chi connectivity index (χ0) is 12.9. The van der Waals surface area contributed by atoms with E-state index in [2.05, 4.69) is 5.43 Å². The van der Waals surface area contributed by atoms with Crippen LogP contribution in [0, 0.1) is 0 Å². The van der Waals surface area contributed by atoms with Gasteiger partial charge in [-0.2, -0.15) is 13.2 Å². The molecule has 1 unspecified atom stereocenters. The van der Waals surface area contributed by atoms with Gasteiger partial charge in [0.2, 0.25) is 0 Å². The molecule has 1 rings (SSSR count). The highest BCUT2D eigenvalue weighted by molar-refractivity contribution is 4.92. The van der Waals surface area contributed by atoms with Gasteiger partial charge in [0.1, 0.15) is 0 Å². The van der Waals surface area contributed by atoms with Gasteiger partial charge in [-0.15, -0.1) is 0 Å². The first-order chi connectivity index (χ1) is 7.91. The molecule has 0 amide bonds. The molecule has 3 N–H and O–H groups in total. The number of nitrogens with two attached hydrogens (primary N) is 1. The minimum atomic E-state index is -4.07. The summed E-state index contributed by atoms with van der Waals surface area (Å²) in [7, 11) is 1.66. The first-order valence-electron chi connectivity index (χ1n) is 5.99. The zero-order valence-electron chi connectivity index (χ0n) is 10.1. The highest BCUT2D eigenvalue weighted by atomic mass is 19.4. The van der Waals surface area contributed by atoms with Crippen LogP contribution in [0.5, 0.6) is 0 Å². The van der Waals surface area contributed by atoms with Crippen molar-refractivity contribution in [2.75, 3.05) is 7.11 Å². The van der Waals surface area contributed by atoms with E-state index in [0.29, 0.717) is 12.8 Å². The predicted molar refractivity (Wildman–Crippen MR) is 59.2 cm³/mol. The van der Waals surface area contributed by atoms with Crippen molar-refractivity contribution in [3.05, 3.63) is 0 Å². The first kappa shape index (κ1) is 14.7. The van der Waals surface area contributed by atoms with Gasteiger partial charge in [-0.1, -0.05) is 0 Å². The Balaban J connectivity index is 2.28. The maximum Gasteiger partial charge on any atom is 0.389 e. The van der Waals surface area contributed by atoms with Crippen LogP contribution in [-0.4, -0.2) is 24.9 Å². The van der Waals surface area contributed by atoms with Gasteiger partial charge in [-0.05, 0) is 38.5 Å². The minimum Gasteiger partial charge on any atom is -0.378 e. The molecule has 3 nitrogen and oxygen atoms in total. The van der Waals surface area contributed by atoms with E-state index >= 15 is 0 Å². The molecular weight excluding hydrogens is 233 g/mol. The van der Waals surface area contributed by atoms with E-state index in [1.54, 1.807) is 7.11 Å². The van der Waals surface area contributed by atoms with Crippen LogP contribution in [-0.2, 0) is 4.74 Å². The number of hydrogen-bond donors (Lipinski definition) is 2. The van der Waals surface area contributed by atoms with Crippen molar-refractivity contribution in [2.45, 2.75) is 62.8 Å². The molecule has 0 bridgehead atoms. The fourth-order valence-corrected chi connectivity index (χ4v) is 2.30. The number of ether oxygens (including phenoxy) is 1. The number of halogens is 3. The molecule has 0 aromatic carbocycles. The van der Waals surface area contributed by atoms with Crippen LogP contribution < -0.4 is 11.3 Å². The third kappa shape index (κ3) is 4.81. The lowest BCUT2D eigenvalue weighted by molar-refractivity contribution is -0.136. The summed E-state index contributed by atoms with van der Waals surface area (Å²) in [5.74, 6) is 5.38. The lowest BCUT2D eigenvalue weighted by Crippen LogP contribution is -2.47. The summed E-state index contributed by atoms with van der Waals surface area (Å²) in [5, 5.41) is 0. The van der Waals surface area contributed by atoms with Crippen molar-refractivity contribution < 1.29 is 17.9 Å². The predicted octanol–water partition coefficient (Wildman–Crippen LogP) is 2.51. The van der Waals surface area contributed by atoms with Gasteiger partial charge in [0.15, 0.2) is 0 Å². The molecule has 0 spiro atoms. The summed E-state index contributed by atoms with van der Waals surface area (Å²) >= 11 is 0. The van der Waals surface area contributed by atoms with E-state index in [1.807, 2.05) is 0 Å². The van der Waals surface area contributed by atoms with Crippen LogP contribution in [0.1, 0.15) is 44.9 Å². The largest absolute Gasteiger partial charge is 0.389 e. The number of methoxy groups -OCH3 is 1.